The Morgan fingerprint density at radius 2 is 0.824 bits per heavy atom. The van der Waals surface area contributed by atoms with Crippen molar-refractivity contribution in [3.63, 3.8) is 0 Å². The minimum atomic E-state index is -2.05. The number of alkyl carbamates (subject to hydrolysis) is 5. The third-order valence-electron chi connectivity index (χ3n) is 9.76. The van der Waals surface area contributed by atoms with E-state index in [1.807, 2.05) is 0 Å². The molecule has 1 saturated carbocycles. The van der Waals surface area contributed by atoms with Gasteiger partial charge in [0, 0.05) is 6.54 Å². The van der Waals surface area contributed by atoms with Gasteiger partial charge in [0.15, 0.2) is 12.6 Å². The van der Waals surface area contributed by atoms with Gasteiger partial charge in [-0.1, -0.05) is 0 Å². The van der Waals surface area contributed by atoms with E-state index in [0.29, 0.717) is 0 Å². The normalized spacial score (nSPS) is 32.7. The molecule has 5 amide bonds. The Kier molecular flexibility index (Phi) is 19.5. The van der Waals surface area contributed by atoms with Crippen molar-refractivity contribution in [2.75, 3.05) is 13.2 Å². The first kappa shape index (κ1) is 58.3. The zero-order valence-electron chi connectivity index (χ0n) is 41.7. The molecule has 2 aliphatic heterocycles. The minimum Gasteiger partial charge on any atom is -0.444 e. The molecule has 0 unspecified atom stereocenters. The highest BCUT2D eigenvalue weighted by Crippen LogP contribution is 2.34. The van der Waals surface area contributed by atoms with Gasteiger partial charge in [0.2, 0.25) is 0 Å². The molecule has 1 aliphatic carbocycles. The second-order valence-electron chi connectivity index (χ2n) is 21.9. The molecule has 68 heavy (non-hydrogen) atoms. The van der Waals surface area contributed by atoms with Crippen molar-refractivity contribution in [1.82, 2.24) is 26.6 Å². The Morgan fingerprint density at radius 1 is 0.456 bits per heavy atom. The predicted octanol–water partition coefficient (Wildman–Crippen LogP) is 0.505. The summed E-state index contributed by atoms with van der Waals surface area (Å²) < 4.78 is 51.6. The number of carbonyl (C=O) groups excluding carboxylic acids is 5. The number of aliphatic hydroxyl groups excluding tert-OH is 6. The van der Waals surface area contributed by atoms with E-state index in [1.165, 1.54) is 0 Å². The van der Waals surface area contributed by atoms with Crippen LogP contribution in [0.15, 0.2) is 0 Å². The average molecular weight is 984 g/mol. The van der Waals surface area contributed by atoms with Gasteiger partial charge in [0.05, 0.1) is 24.7 Å². The lowest BCUT2D eigenvalue weighted by Crippen LogP contribution is -2.71. The van der Waals surface area contributed by atoms with Crippen molar-refractivity contribution in [3.8, 4) is 0 Å². The third-order valence-corrected chi connectivity index (χ3v) is 9.76. The summed E-state index contributed by atoms with van der Waals surface area (Å²) in [5, 5.41) is 80.7. The van der Waals surface area contributed by atoms with E-state index >= 15 is 0 Å². The quantitative estimate of drug-likeness (QED) is 0.126. The van der Waals surface area contributed by atoms with Crippen LogP contribution in [0.2, 0.25) is 0 Å². The van der Waals surface area contributed by atoms with Crippen molar-refractivity contribution >= 4 is 30.5 Å². The molecule has 394 valence electrons. The molecule has 3 rings (SSSR count). The lowest BCUT2D eigenvalue weighted by Gasteiger charge is -2.50. The fourth-order valence-corrected chi connectivity index (χ4v) is 7.19. The van der Waals surface area contributed by atoms with Gasteiger partial charge in [0.1, 0.15) is 89.0 Å². The first-order valence-corrected chi connectivity index (χ1v) is 22.4. The second-order valence-corrected chi connectivity index (χ2v) is 21.9. The topological polar surface area (TPSA) is 350 Å². The van der Waals surface area contributed by atoms with Crippen LogP contribution in [0.3, 0.4) is 0 Å². The van der Waals surface area contributed by atoms with Crippen LogP contribution >= 0.6 is 0 Å². The van der Waals surface area contributed by atoms with Gasteiger partial charge in [-0.3, -0.25) is 0 Å². The first-order chi connectivity index (χ1) is 30.9. The highest BCUT2D eigenvalue weighted by atomic mass is 16.7. The van der Waals surface area contributed by atoms with Gasteiger partial charge in [-0.15, -0.1) is 0 Å². The van der Waals surface area contributed by atoms with Crippen molar-refractivity contribution in [3.05, 3.63) is 0 Å². The van der Waals surface area contributed by atoms with Crippen LogP contribution in [0, 0.1) is 0 Å². The van der Waals surface area contributed by atoms with Crippen LogP contribution in [0.4, 0.5) is 24.0 Å². The molecule has 0 aromatic carbocycles. The molecular formula is C43H77N5O20. The van der Waals surface area contributed by atoms with E-state index in [1.54, 1.807) is 104 Å². The van der Waals surface area contributed by atoms with E-state index in [0.717, 1.165) is 0 Å². The molecule has 3 aliphatic rings. The molecule has 15 atom stereocenters. The lowest BCUT2D eigenvalue weighted by atomic mass is 9.83. The van der Waals surface area contributed by atoms with Crippen molar-refractivity contribution in [2.24, 2.45) is 0 Å². The number of rotatable bonds is 11. The SMILES string of the molecule is CC(C)(C)OC(=O)NC[C@H]1O[C@H](O[C@H]2[C@H](O)[C@@H](O[C@H]3O[C@H](CO)[C@@H](O)[C@H](NC(=O)OC(C)(C)C)[C@H]3O)[C@H](NC(=O)OC(C)(C)C)C[C@@H]2NC(=O)OC(C)(C)C)[C@H](NC(=O)OC(C)(C)C)[C@@H](O)[C@@H]1O. The zero-order valence-corrected chi connectivity index (χ0v) is 41.7. The second kappa shape index (κ2) is 22.8. The molecule has 2 heterocycles. The summed E-state index contributed by atoms with van der Waals surface area (Å²) in [6, 6.07) is -6.08. The maximum Gasteiger partial charge on any atom is 0.408 e. The zero-order chi connectivity index (χ0) is 52.1. The van der Waals surface area contributed by atoms with E-state index < -0.39 is 170 Å². The van der Waals surface area contributed by atoms with Crippen LogP contribution in [0.5, 0.6) is 0 Å². The summed E-state index contributed by atoms with van der Waals surface area (Å²) in [6.07, 6.45) is -25.2. The average Bonchev–Trinajstić information content (AvgIpc) is 3.12. The summed E-state index contributed by atoms with van der Waals surface area (Å²) in [7, 11) is 0. The molecule has 11 N–H and O–H groups in total. The number of nitrogens with one attached hydrogen (secondary N) is 5. The van der Waals surface area contributed by atoms with E-state index in [-0.39, 0.29) is 0 Å². The standard InChI is InChI=1S/C43H77N5O20/c1-39(2,3)64-34(55)44-17-21-26(51)27(52)24(48-38(59)68-43(13,14)15)32(60-21)62-30-19(45-35(56)65-40(4,5)6)16-20(46-36(57)66-41(7,8)9)31(29(30)54)63-33-28(53)23(25(50)22(18-49)61-33)47-37(58)67-42(10,11)12/h19-33,49-54H,16-18H2,1-15H3,(H,44,55)(H,45,56)(H,46,57)(H,47,58)(H,48,59)/t19-,20+,21+,22+,23-,24+,25+,26+,27+,28+,29-,30+,31-,32+,33+/m0/s1. The van der Waals surface area contributed by atoms with Crippen LogP contribution in [0.25, 0.3) is 0 Å². The van der Waals surface area contributed by atoms with Crippen molar-refractivity contribution in [2.45, 2.75) is 230 Å². The molecule has 25 nitrogen and oxygen atoms in total. The van der Waals surface area contributed by atoms with Gasteiger partial charge in [-0.25, -0.2) is 24.0 Å². The predicted molar refractivity (Wildman–Crippen MR) is 236 cm³/mol. The smallest absolute Gasteiger partial charge is 0.408 e. The van der Waals surface area contributed by atoms with Gasteiger partial charge < -0.3 is 99.9 Å². The van der Waals surface area contributed by atoms with Crippen LogP contribution in [-0.2, 0) is 42.6 Å². The van der Waals surface area contributed by atoms with Crippen molar-refractivity contribution in [1.29, 1.82) is 0 Å². The highest BCUT2D eigenvalue weighted by Gasteiger charge is 2.55. The van der Waals surface area contributed by atoms with E-state index in [4.69, 9.17) is 42.6 Å². The summed E-state index contributed by atoms with van der Waals surface area (Å²) >= 11 is 0. The maximum absolute atomic E-state index is 13.5. The lowest BCUT2D eigenvalue weighted by molar-refractivity contribution is -0.322. The molecule has 0 aromatic heterocycles. The van der Waals surface area contributed by atoms with Gasteiger partial charge >= 0.3 is 30.5 Å². The minimum absolute atomic E-state index is 0.398. The third kappa shape index (κ3) is 18.4. The number of hydrogen-bond donors (Lipinski definition) is 11. The summed E-state index contributed by atoms with van der Waals surface area (Å²) in [5.74, 6) is 0. The Labute approximate surface area is 396 Å². The Hall–Kier alpha value is -4.05. The summed E-state index contributed by atoms with van der Waals surface area (Å²) in [5.41, 5.74) is -5.08. The van der Waals surface area contributed by atoms with Crippen LogP contribution in [-0.4, -0.2) is 194 Å². The summed E-state index contributed by atoms with van der Waals surface area (Å²) in [4.78, 5) is 65.7. The molecule has 0 aromatic rings. The monoisotopic (exact) mass is 984 g/mol. The maximum atomic E-state index is 13.5. The largest absolute Gasteiger partial charge is 0.444 e. The number of hydrogen-bond acceptors (Lipinski definition) is 20. The molecule has 2 saturated heterocycles. The van der Waals surface area contributed by atoms with Gasteiger partial charge in [-0.05, 0) is 110 Å². The number of amides is 5. The van der Waals surface area contributed by atoms with Gasteiger partial charge in [-0.2, -0.15) is 0 Å². The van der Waals surface area contributed by atoms with Crippen LogP contribution in [0.1, 0.15) is 110 Å². The highest BCUT2D eigenvalue weighted by molar-refractivity contribution is 5.70. The molecule has 0 radical (unpaired) electrons. The molecule has 3 fully saturated rings. The fourth-order valence-electron chi connectivity index (χ4n) is 7.19. The van der Waals surface area contributed by atoms with Gasteiger partial charge in [0.25, 0.3) is 0 Å². The molecular weight excluding hydrogens is 906 g/mol. The Morgan fingerprint density at radius 3 is 1.24 bits per heavy atom. The number of aliphatic hydroxyl groups is 6. The first-order valence-electron chi connectivity index (χ1n) is 22.4. The van der Waals surface area contributed by atoms with E-state index in [2.05, 4.69) is 26.6 Å². The Bertz CT molecular complexity index is 1700. The Balaban J connectivity index is 2.17. The summed E-state index contributed by atoms with van der Waals surface area (Å²) in [6.45, 7) is 22.5. The number of carbonyl (C=O) groups is 5. The molecule has 0 bridgehead atoms. The van der Waals surface area contributed by atoms with E-state index in [9.17, 15) is 54.6 Å². The number of ether oxygens (including phenoxy) is 9. The van der Waals surface area contributed by atoms with Crippen molar-refractivity contribution < 1.29 is 97.2 Å². The van der Waals surface area contributed by atoms with Crippen LogP contribution < -0.4 is 26.6 Å². The molecule has 0 spiro atoms. The molecule has 25 heteroatoms. The fraction of sp³-hybridized carbons (Fsp3) is 0.884.